The van der Waals surface area contributed by atoms with Crippen molar-refractivity contribution in [2.45, 2.75) is 51.6 Å². The highest BCUT2D eigenvalue weighted by Gasteiger charge is 2.31. The lowest BCUT2D eigenvalue weighted by molar-refractivity contribution is 0.261. The average molecular weight is 222 g/mol. The zero-order valence-electron chi connectivity index (χ0n) is 9.78. The van der Waals surface area contributed by atoms with E-state index in [1.807, 2.05) is 6.92 Å². The van der Waals surface area contributed by atoms with Crippen molar-refractivity contribution in [1.29, 1.82) is 0 Å². The van der Waals surface area contributed by atoms with E-state index >= 15 is 0 Å². The first-order valence-corrected chi connectivity index (χ1v) is 6.96. The summed E-state index contributed by atoms with van der Waals surface area (Å²) in [6.45, 7) is 4.19. The van der Waals surface area contributed by atoms with Crippen LogP contribution in [0.3, 0.4) is 0 Å². The van der Waals surface area contributed by atoms with Crippen LogP contribution in [0.5, 0.6) is 0 Å². The van der Waals surface area contributed by atoms with Gasteiger partial charge in [-0.1, -0.05) is 33.1 Å². The second kappa shape index (κ2) is 7.44. The van der Waals surface area contributed by atoms with Gasteiger partial charge in [0.15, 0.2) is 0 Å². The third-order valence-corrected chi connectivity index (χ3v) is 5.10. The molecule has 4 heteroatoms. The second-order valence-electron chi connectivity index (χ2n) is 3.46. The highest BCUT2D eigenvalue weighted by atomic mass is 31.2. The fraction of sp³-hybridized carbons (Fsp3) is 1.00. The molecule has 0 amide bonds. The summed E-state index contributed by atoms with van der Waals surface area (Å²) >= 11 is 0. The number of unbranched alkanes of at least 4 members (excludes halogenated alkanes) is 2. The first kappa shape index (κ1) is 14.2. The summed E-state index contributed by atoms with van der Waals surface area (Å²) in [5.41, 5.74) is 0.0593. The molecule has 0 aliphatic rings. The molecular weight excluding hydrogens is 199 g/mol. The van der Waals surface area contributed by atoms with Gasteiger partial charge >= 0.3 is 7.60 Å². The van der Waals surface area contributed by atoms with Crippen molar-refractivity contribution >= 4 is 7.60 Å². The molecule has 0 fully saturated rings. The Labute approximate surface area is 87.7 Å². The van der Waals surface area contributed by atoms with Gasteiger partial charge in [0, 0.05) is 14.2 Å². The van der Waals surface area contributed by atoms with Gasteiger partial charge in [-0.25, -0.2) is 0 Å². The monoisotopic (exact) mass is 222 g/mol. The van der Waals surface area contributed by atoms with Crippen molar-refractivity contribution < 1.29 is 13.6 Å². The van der Waals surface area contributed by atoms with E-state index in [1.54, 1.807) is 0 Å². The molecule has 0 rings (SSSR count). The largest absolute Gasteiger partial charge is 0.333 e. The fourth-order valence-electron chi connectivity index (χ4n) is 1.59. The maximum atomic E-state index is 12.0. The van der Waals surface area contributed by atoms with E-state index in [0.29, 0.717) is 0 Å². The predicted octanol–water partition coefficient (Wildman–Crippen LogP) is 3.83. The van der Waals surface area contributed by atoms with Crippen LogP contribution in [-0.4, -0.2) is 19.9 Å². The molecule has 0 aliphatic carbocycles. The van der Waals surface area contributed by atoms with E-state index < -0.39 is 7.60 Å². The Hall–Kier alpha value is 0.150. The van der Waals surface area contributed by atoms with Crippen molar-refractivity contribution in [1.82, 2.24) is 0 Å². The average Bonchev–Trinajstić information content (AvgIpc) is 2.23. The Bertz CT molecular complexity index is 174. The number of rotatable bonds is 8. The zero-order chi connectivity index (χ0) is 11.0. The summed E-state index contributed by atoms with van der Waals surface area (Å²) < 4.78 is 22.0. The lowest BCUT2D eigenvalue weighted by Crippen LogP contribution is -2.10. The molecule has 0 aromatic heterocycles. The lowest BCUT2D eigenvalue weighted by atomic mass is 10.1. The quantitative estimate of drug-likeness (QED) is 0.462. The topological polar surface area (TPSA) is 35.5 Å². The van der Waals surface area contributed by atoms with Crippen LogP contribution < -0.4 is 0 Å². The minimum Gasteiger partial charge on any atom is -0.312 e. The summed E-state index contributed by atoms with van der Waals surface area (Å²) in [6, 6.07) is 0. The molecule has 14 heavy (non-hydrogen) atoms. The van der Waals surface area contributed by atoms with Crippen LogP contribution in [0.15, 0.2) is 0 Å². The third-order valence-electron chi connectivity index (χ3n) is 2.57. The van der Waals surface area contributed by atoms with E-state index in [2.05, 4.69) is 6.92 Å². The molecule has 3 nitrogen and oxygen atoms in total. The van der Waals surface area contributed by atoms with Gasteiger partial charge in [0.25, 0.3) is 0 Å². The molecule has 86 valence electrons. The molecule has 0 aromatic carbocycles. The lowest BCUT2D eigenvalue weighted by Gasteiger charge is -2.22. The molecule has 0 heterocycles. The first-order chi connectivity index (χ1) is 6.64. The SMILES string of the molecule is CCCCC[C@@H](CC)P(=O)(OC)OC. The smallest absolute Gasteiger partial charge is 0.312 e. The summed E-state index contributed by atoms with van der Waals surface area (Å²) in [6.07, 6.45) is 5.25. The van der Waals surface area contributed by atoms with Crippen molar-refractivity contribution in [2.75, 3.05) is 14.2 Å². The van der Waals surface area contributed by atoms with Crippen molar-refractivity contribution in [2.24, 2.45) is 0 Å². The molecule has 0 N–H and O–H groups in total. The van der Waals surface area contributed by atoms with Gasteiger partial charge in [-0.15, -0.1) is 0 Å². The van der Waals surface area contributed by atoms with Gasteiger partial charge in [0.1, 0.15) is 0 Å². The Kier molecular flexibility index (Phi) is 7.52. The second-order valence-corrected chi connectivity index (χ2v) is 6.00. The van der Waals surface area contributed by atoms with Crippen LogP contribution in [-0.2, 0) is 13.6 Å². The zero-order valence-corrected chi connectivity index (χ0v) is 10.7. The Morgan fingerprint density at radius 2 is 1.71 bits per heavy atom. The van der Waals surface area contributed by atoms with E-state index in [-0.39, 0.29) is 5.66 Å². The van der Waals surface area contributed by atoms with Gasteiger partial charge in [-0.05, 0) is 12.8 Å². The van der Waals surface area contributed by atoms with E-state index in [4.69, 9.17) is 9.05 Å². The summed E-state index contributed by atoms with van der Waals surface area (Å²) in [5.74, 6) is 0. The van der Waals surface area contributed by atoms with Gasteiger partial charge in [-0.2, -0.15) is 0 Å². The number of hydrogen-bond acceptors (Lipinski definition) is 3. The van der Waals surface area contributed by atoms with Crippen LogP contribution in [0.25, 0.3) is 0 Å². The molecule has 0 aliphatic heterocycles. The molecule has 0 spiro atoms. The van der Waals surface area contributed by atoms with Gasteiger partial charge in [-0.3, -0.25) is 4.57 Å². The van der Waals surface area contributed by atoms with Crippen LogP contribution >= 0.6 is 7.60 Å². The normalized spacial score (nSPS) is 14.3. The maximum Gasteiger partial charge on any atom is 0.333 e. The van der Waals surface area contributed by atoms with Gasteiger partial charge < -0.3 is 9.05 Å². The number of hydrogen-bond donors (Lipinski definition) is 0. The Morgan fingerprint density at radius 1 is 1.14 bits per heavy atom. The molecule has 1 atom stereocenters. The first-order valence-electron chi connectivity index (χ1n) is 5.35. The Balaban J connectivity index is 4.16. The molecule has 0 radical (unpaired) electrons. The summed E-state index contributed by atoms with van der Waals surface area (Å²) in [4.78, 5) is 0. The molecule has 0 saturated heterocycles. The molecular formula is C10H23O3P. The van der Waals surface area contributed by atoms with Crippen LogP contribution in [0.2, 0.25) is 0 Å². The van der Waals surface area contributed by atoms with Crippen LogP contribution in [0.1, 0.15) is 46.0 Å². The third kappa shape index (κ3) is 4.12. The van der Waals surface area contributed by atoms with Crippen LogP contribution in [0.4, 0.5) is 0 Å². The summed E-state index contributed by atoms with van der Waals surface area (Å²) in [5, 5.41) is 0. The highest BCUT2D eigenvalue weighted by Crippen LogP contribution is 2.54. The van der Waals surface area contributed by atoms with E-state index in [9.17, 15) is 4.57 Å². The predicted molar refractivity (Wildman–Crippen MR) is 59.8 cm³/mol. The minimum atomic E-state index is -2.83. The standard InChI is InChI=1S/C10H23O3P/c1-5-7-8-9-10(6-2)14(11,12-3)13-4/h10H,5-9H2,1-4H3/t10-/m1/s1. The van der Waals surface area contributed by atoms with Crippen molar-refractivity contribution in [3.05, 3.63) is 0 Å². The highest BCUT2D eigenvalue weighted by molar-refractivity contribution is 7.54. The molecule has 0 aromatic rings. The van der Waals surface area contributed by atoms with Crippen LogP contribution in [0, 0.1) is 0 Å². The maximum absolute atomic E-state index is 12.0. The Morgan fingerprint density at radius 3 is 2.07 bits per heavy atom. The van der Waals surface area contributed by atoms with Crippen molar-refractivity contribution in [3.63, 3.8) is 0 Å². The fourth-order valence-corrected chi connectivity index (χ4v) is 3.28. The van der Waals surface area contributed by atoms with Gasteiger partial charge in [0.05, 0.1) is 5.66 Å². The van der Waals surface area contributed by atoms with E-state index in [0.717, 1.165) is 19.3 Å². The van der Waals surface area contributed by atoms with E-state index in [1.165, 1.54) is 27.1 Å². The molecule has 0 bridgehead atoms. The van der Waals surface area contributed by atoms with Crippen molar-refractivity contribution in [3.8, 4) is 0 Å². The molecule has 0 unspecified atom stereocenters. The minimum absolute atomic E-state index is 0.0593. The molecule has 0 saturated carbocycles. The summed E-state index contributed by atoms with van der Waals surface area (Å²) in [7, 11) is 0.0986. The van der Waals surface area contributed by atoms with Gasteiger partial charge in [0.2, 0.25) is 0 Å².